The van der Waals surface area contributed by atoms with Gasteiger partial charge in [-0.05, 0) is 29.8 Å². The maximum Gasteiger partial charge on any atom is 0.0499 e. The van der Waals surface area contributed by atoms with Crippen molar-refractivity contribution in [2.24, 2.45) is 5.41 Å². The van der Waals surface area contributed by atoms with Crippen LogP contribution in [0.5, 0.6) is 0 Å². The van der Waals surface area contributed by atoms with Crippen molar-refractivity contribution in [3.05, 3.63) is 42.0 Å². The number of rotatable bonds is 4. The summed E-state index contributed by atoms with van der Waals surface area (Å²) in [7, 11) is 2.08. The lowest BCUT2D eigenvalue weighted by molar-refractivity contribution is 0.165. The summed E-state index contributed by atoms with van der Waals surface area (Å²) < 4.78 is 0. The van der Waals surface area contributed by atoms with E-state index in [9.17, 15) is 5.11 Å². The first kappa shape index (κ1) is 13.9. The molecule has 19 heavy (non-hydrogen) atoms. The van der Waals surface area contributed by atoms with Gasteiger partial charge in [0.15, 0.2) is 0 Å². The number of nitrogens with zero attached hydrogens (tertiary/aromatic N) is 1. The molecule has 2 nitrogen and oxygen atoms in total. The first-order valence-corrected chi connectivity index (χ1v) is 6.74. The van der Waals surface area contributed by atoms with Gasteiger partial charge in [-0.1, -0.05) is 43.7 Å². The lowest BCUT2D eigenvalue weighted by atomic mass is 9.94. The number of anilines is 1. The molecule has 0 amide bonds. The molecule has 0 bridgehead atoms. The highest BCUT2D eigenvalue weighted by molar-refractivity contribution is 5.86. The molecule has 2 heteroatoms. The molecule has 102 valence electrons. The van der Waals surface area contributed by atoms with E-state index in [0.29, 0.717) is 0 Å². The average Bonchev–Trinajstić information content (AvgIpc) is 2.37. The second-order valence-corrected chi connectivity index (χ2v) is 6.21. The van der Waals surface area contributed by atoms with Crippen molar-refractivity contribution in [3.8, 4) is 0 Å². The molecular formula is C17H23NO. The normalized spacial score (nSPS) is 11.8. The van der Waals surface area contributed by atoms with Crippen molar-refractivity contribution in [2.75, 3.05) is 25.1 Å². The van der Waals surface area contributed by atoms with E-state index in [4.69, 9.17) is 0 Å². The van der Waals surface area contributed by atoms with E-state index in [1.807, 2.05) is 0 Å². The lowest BCUT2D eigenvalue weighted by Crippen LogP contribution is -2.33. The van der Waals surface area contributed by atoms with Gasteiger partial charge in [0.2, 0.25) is 0 Å². The van der Waals surface area contributed by atoms with Crippen LogP contribution in [0.3, 0.4) is 0 Å². The third-order valence-electron chi connectivity index (χ3n) is 3.51. The molecule has 1 N–H and O–H groups in total. The van der Waals surface area contributed by atoms with Crippen LogP contribution < -0.4 is 4.90 Å². The molecule has 0 saturated heterocycles. The van der Waals surface area contributed by atoms with Gasteiger partial charge in [0.1, 0.15) is 0 Å². The van der Waals surface area contributed by atoms with Gasteiger partial charge >= 0.3 is 0 Å². The summed E-state index contributed by atoms with van der Waals surface area (Å²) in [6.07, 6.45) is 0. The Morgan fingerprint density at radius 2 is 1.68 bits per heavy atom. The highest BCUT2D eigenvalue weighted by atomic mass is 16.3. The second-order valence-electron chi connectivity index (χ2n) is 6.21. The number of aliphatic hydroxyl groups excluding tert-OH is 1. The van der Waals surface area contributed by atoms with Crippen LogP contribution in [-0.4, -0.2) is 25.3 Å². The molecule has 0 aromatic heterocycles. The van der Waals surface area contributed by atoms with Crippen LogP contribution in [0.2, 0.25) is 0 Å². The molecule has 0 saturated carbocycles. The van der Waals surface area contributed by atoms with E-state index < -0.39 is 0 Å². The molecule has 0 heterocycles. The minimum Gasteiger partial charge on any atom is -0.396 e. The molecule has 0 unspecified atom stereocenters. The number of aliphatic hydroxyl groups is 1. The largest absolute Gasteiger partial charge is 0.396 e. The fourth-order valence-corrected chi connectivity index (χ4v) is 2.37. The molecule has 0 spiro atoms. The molecule has 0 aliphatic rings. The van der Waals surface area contributed by atoms with Crippen LogP contribution in [0.4, 0.5) is 5.69 Å². The molecule has 0 atom stereocenters. The van der Waals surface area contributed by atoms with Gasteiger partial charge < -0.3 is 10.0 Å². The highest BCUT2D eigenvalue weighted by Crippen LogP contribution is 2.25. The Kier molecular flexibility index (Phi) is 3.81. The van der Waals surface area contributed by atoms with E-state index in [1.165, 1.54) is 22.0 Å². The van der Waals surface area contributed by atoms with Crippen molar-refractivity contribution >= 4 is 16.5 Å². The van der Waals surface area contributed by atoms with E-state index >= 15 is 0 Å². The SMILES string of the molecule is Cc1ccc2cc(N(C)CC(C)(C)CO)ccc2c1. The van der Waals surface area contributed by atoms with E-state index in [2.05, 4.69) is 69.1 Å². The molecule has 2 aromatic carbocycles. The van der Waals surface area contributed by atoms with Gasteiger partial charge in [-0.2, -0.15) is 0 Å². The molecule has 2 aromatic rings. The maximum atomic E-state index is 9.37. The summed E-state index contributed by atoms with van der Waals surface area (Å²) in [5.74, 6) is 0. The number of fused-ring (bicyclic) bond motifs is 1. The van der Waals surface area contributed by atoms with E-state index in [1.54, 1.807) is 0 Å². The third kappa shape index (κ3) is 3.27. The van der Waals surface area contributed by atoms with Gasteiger partial charge in [-0.3, -0.25) is 0 Å². The van der Waals surface area contributed by atoms with Crippen LogP contribution in [0.15, 0.2) is 36.4 Å². The smallest absolute Gasteiger partial charge is 0.0499 e. The quantitative estimate of drug-likeness (QED) is 0.904. The Balaban J connectivity index is 2.28. The Morgan fingerprint density at radius 1 is 1.05 bits per heavy atom. The zero-order valence-electron chi connectivity index (χ0n) is 12.3. The van der Waals surface area contributed by atoms with Gasteiger partial charge in [0.05, 0.1) is 0 Å². The molecule has 0 aliphatic carbocycles. The Labute approximate surface area is 115 Å². The van der Waals surface area contributed by atoms with Crippen molar-refractivity contribution in [1.29, 1.82) is 0 Å². The predicted octanol–water partition coefficient (Wildman–Crippen LogP) is 3.60. The van der Waals surface area contributed by atoms with E-state index in [0.717, 1.165) is 6.54 Å². The van der Waals surface area contributed by atoms with Crippen LogP contribution in [0, 0.1) is 12.3 Å². The highest BCUT2D eigenvalue weighted by Gasteiger charge is 2.19. The maximum absolute atomic E-state index is 9.37. The average molecular weight is 257 g/mol. The summed E-state index contributed by atoms with van der Waals surface area (Å²) in [5.41, 5.74) is 2.39. The number of aryl methyl sites for hydroxylation is 1. The summed E-state index contributed by atoms with van der Waals surface area (Å²) in [5, 5.41) is 11.9. The van der Waals surface area contributed by atoms with Gasteiger partial charge in [0.25, 0.3) is 0 Å². The third-order valence-corrected chi connectivity index (χ3v) is 3.51. The van der Waals surface area contributed by atoms with Gasteiger partial charge in [-0.25, -0.2) is 0 Å². The summed E-state index contributed by atoms with van der Waals surface area (Å²) in [6, 6.07) is 13.0. The monoisotopic (exact) mass is 257 g/mol. The number of hydrogen-bond donors (Lipinski definition) is 1. The van der Waals surface area contributed by atoms with Crippen LogP contribution in [-0.2, 0) is 0 Å². The van der Waals surface area contributed by atoms with Crippen molar-refractivity contribution < 1.29 is 5.11 Å². The van der Waals surface area contributed by atoms with Crippen LogP contribution >= 0.6 is 0 Å². The van der Waals surface area contributed by atoms with Crippen molar-refractivity contribution in [2.45, 2.75) is 20.8 Å². The predicted molar refractivity (Wildman–Crippen MR) is 82.8 cm³/mol. The summed E-state index contributed by atoms with van der Waals surface area (Å²) >= 11 is 0. The van der Waals surface area contributed by atoms with E-state index in [-0.39, 0.29) is 12.0 Å². The Bertz CT molecular complexity index is 574. The lowest BCUT2D eigenvalue weighted by Gasteiger charge is -2.30. The Morgan fingerprint density at radius 3 is 2.37 bits per heavy atom. The molecule has 0 aliphatic heterocycles. The van der Waals surface area contributed by atoms with Crippen molar-refractivity contribution in [3.63, 3.8) is 0 Å². The number of benzene rings is 2. The first-order chi connectivity index (χ1) is 8.91. The van der Waals surface area contributed by atoms with Gasteiger partial charge in [0, 0.05) is 31.3 Å². The molecule has 0 radical (unpaired) electrons. The van der Waals surface area contributed by atoms with Crippen LogP contribution in [0.1, 0.15) is 19.4 Å². The number of hydrogen-bond acceptors (Lipinski definition) is 2. The summed E-state index contributed by atoms with van der Waals surface area (Å²) in [4.78, 5) is 2.20. The zero-order chi connectivity index (χ0) is 14.0. The van der Waals surface area contributed by atoms with Gasteiger partial charge in [-0.15, -0.1) is 0 Å². The first-order valence-electron chi connectivity index (χ1n) is 6.74. The summed E-state index contributed by atoms with van der Waals surface area (Å²) in [6.45, 7) is 7.30. The van der Waals surface area contributed by atoms with Crippen LogP contribution in [0.25, 0.3) is 10.8 Å². The minimum atomic E-state index is -0.0863. The standard InChI is InChI=1S/C17H23NO/c1-13-5-6-15-10-16(8-7-14(15)9-13)18(4)11-17(2,3)12-19/h5-10,19H,11-12H2,1-4H3. The Hall–Kier alpha value is -1.54. The zero-order valence-corrected chi connectivity index (χ0v) is 12.3. The van der Waals surface area contributed by atoms with Crippen molar-refractivity contribution in [1.82, 2.24) is 0 Å². The molecular weight excluding hydrogens is 234 g/mol. The fourth-order valence-electron chi connectivity index (χ4n) is 2.37. The fraction of sp³-hybridized carbons (Fsp3) is 0.412. The second kappa shape index (κ2) is 5.22. The minimum absolute atomic E-state index is 0.0863. The molecule has 0 fully saturated rings. The molecule has 2 rings (SSSR count). The topological polar surface area (TPSA) is 23.5 Å².